The molecule has 136 valence electrons. The maximum atomic E-state index is 12.4. The summed E-state index contributed by atoms with van der Waals surface area (Å²) in [6.45, 7) is 1.68. The number of aromatic nitrogens is 4. The summed E-state index contributed by atoms with van der Waals surface area (Å²) in [6, 6.07) is 3.45. The van der Waals surface area contributed by atoms with Crippen LogP contribution in [-0.2, 0) is 18.4 Å². The predicted octanol–water partition coefficient (Wildman–Crippen LogP) is 1.09. The van der Waals surface area contributed by atoms with Gasteiger partial charge >= 0.3 is 0 Å². The molecule has 3 rings (SSSR count). The van der Waals surface area contributed by atoms with Gasteiger partial charge in [-0.05, 0) is 18.6 Å². The van der Waals surface area contributed by atoms with Crippen LogP contribution >= 0.6 is 0 Å². The molecule has 0 unspecified atom stereocenters. The van der Waals surface area contributed by atoms with Gasteiger partial charge in [-0.25, -0.2) is 4.98 Å². The van der Waals surface area contributed by atoms with Gasteiger partial charge in [0.25, 0.3) is 5.56 Å². The van der Waals surface area contributed by atoms with Gasteiger partial charge in [-0.3, -0.25) is 18.8 Å². The van der Waals surface area contributed by atoms with Crippen molar-refractivity contribution in [2.45, 2.75) is 13.5 Å². The number of hydrogen-bond donors (Lipinski definition) is 1. The number of carbonyl (C=O) groups excluding carboxylic acids is 1. The van der Waals surface area contributed by atoms with Crippen LogP contribution in [0.4, 0.5) is 5.69 Å². The van der Waals surface area contributed by atoms with E-state index in [9.17, 15) is 9.59 Å². The third-order valence-corrected chi connectivity index (χ3v) is 4.04. The average Bonchev–Trinajstić information content (AvgIpc) is 3.00. The van der Waals surface area contributed by atoms with Crippen molar-refractivity contribution in [2.24, 2.45) is 7.05 Å². The van der Waals surface area contributed by atoms with Crippen molar-refractivity contribution in [1.82, 2.24) is 19.3 Å². The van der Waals surface area contributed by atoms with Crippen LogP contribution in [0.15, 0.2) is 29.5 Å². The van der Waals surface area contributed by atoms with Crippen LogP contribution in [0, 0.1) is 6.92 Å². The standard InChI is InChI=1S/C17H19N5O4/c1-10-5-13(25-3)14(26-4)6-12(10)20-15(23)8-22-9-18-16-11(17(22)24)7-19-21(16)2/h5-7,9H,8H2,1-4H3,(H,20,23). The van der Waals surface area contributed by atoms with E-state index < -0.39 is 0 Å². The van der Waals surface area contributed by atoms with E-state index in [0.717, 1.165) is 5.56 Å². The number of rotatable bonds is 5. The van der Waals surface area contributed by atoms with Crippen molar-refractivity contribution in [3.05, 3.63) is 40.6 Å². The van der Waals surface area contributed by atoms with Crippen molar-refractivity contribution >= 4 is 22.6 Å². The van der Waals surface area contributed by atoms with Gasteiger partial charge in [-0.2, -0.15) is 5.10 Å². The Bertz CT molecular complexity index is 1040. The van der Waals surface area contributed by atoms with Gasteiger partial charge in [0, 0.05) is 18.8 Å². The largest absolute Gasteiger partial charge is 0.493 e. The Morgan fingerprint density at radius 2 is 1.92 bits per heavy atom. The minimum absolute atomic E-state index is 0.162. The van der Waals surface area contributed by atoms with E-state index in [-0.39, 0.29) is 18.0 Å². The van der Waals surface area contributed by atoms with E-state index in [2.05, 4.69) is 15.4 Å². The minimum atomic E-state index is -0.354. The van der Waals surface area contributed by atoms with Crippen LogP contribution < -0.4 is 20.3 Å². The number of anilines is 1. The summed E-state index contributed by atoms with van der Waals surface area (Å²) in [7, 11) is 4.77. The normalized spacial score (nSPS) is 10.8. The number of nitrogens with zero attached hydrogens (tertiary/aromatic N) is 4. The van der Waals surface area contributed by atoms with Gasteiger partial charge in [-0.15, -0.1) is 0 Å². The molecule has 0 saturated carbocycles. The van der Waals surface area contributed by atoms with Gasteiger partial charge in [0.2, 0.25) is 5.91 Å². The summed E-state index contributed by atoms with van der Waals surface area (Å²) < 4.78 is 13.2. The number of ether oxygens (including phenoxy) is 2. The lowest BCUT2D eigenvalue weighted by Gasteiger charge is -2.14. The molecule has 9 heteroatoms. The second kappa shape index (κ2) is 6.87. The molecule has 0 spiro atoms. The fourth-order valence-corrected chi connectivity index (χ4v) is 2.64. The number of amides is 1. The molecule has 1 aromatic carbocycles. The Labute approximate surface area is 149 Å². The van der Waals surface area contributed by atoms with Crippen molar-refractivity contribution < 1.29 is 14.3 Å². The molecule has 2 aromatic heterocycles. The minimum Gasteiger partial charge on any atom is -0.493 e. The Morgan fingerprint density at radius 3 is 2.62 bits per heavy atom. The highest BCUT2D eigenvalue weighted by Crippen LogP contribution is 2.32. The molecule has 26 heavy (non-hydrogen) atoms. The van der Waals surface area contributed by atoms with Crippen LogP contribution in [0.3, 0.4) is 0 Å². The molecular formula is C17H19N5O4. The molecular weight excluding hydrogens is 338 g/mol. The van der Waals surface area contributed by atoms with Crippen molar-refractivity contribution in [2.75, 3.05) is 19.5 Å². The smallest absolute Gasteiger partial charge is 0.264 e. The Balaban J connectivity index is 1.83. The first-order valence-electron chi connectivity index (χ1n) is 7.84. The second-order valence-electron chi connectivity index (χ2n) is 5.75. The maximum absolute atomic E-state index is 12.4. The van der Waals surface area contributed by atoms with E-state index >= 15 is 0 Å². The number of aryl methyl sites for hydroxylation is 2. The summed E-state index contributed by atoms with van der Waals surface area (Å²) in [5, 5.41) is 7.15. The lowest BCUT2D eigenvalue weighted by Crippen LogP contribution is -2.28. The number of methoxy groups -OCH3 is 2. The first-order valence-corrected chi connectivity index (χ1v) is 7.84. The SMILES string of the molecule is COc1cc(C)c(NC(=O)Cn2cnc3c(cnn3C)c2=O)cc1OC. The monoisotopic (exact) mass is 357 g/mol. The summed E-state index contributed by atoms with van der Waals surface area (Å²) in [5.41, 5.74) is 1.55. The molecule has 1 N–H and O–H groups in total. The third kappa shape index (κ3) is 3.10. The molecule has 1 amide bonds. The summed E-state index contributed by atoms with van der Waals surface area (Å²) in [4.78, 5) is 29.0. The molecule has 0 saturated heterocycles. The van der Waals surface area contributed by atoms with E-state index in [0.29, 0.717) is 28.2 Å². The fourth-order valence-electron chi connectivity index (χ4n) is 2.64. The van der Waals surface area contributed by atoms with E-state index in [1.54, 1.807) is 26.3 Å². The van der Waals surface area contributed by atoms with Crippen molar-refractivity contribution in [3.8, 4) is 11.5 Å². The van der Waals surface area contributed by atoms with Crippen molar-refractivity contribution in [3.63, 3.8) is 0 Å². The van der Waals surface area contributed by atoms with Gasteiger partial charge in [0.1, 0.15) is 18.3 Å². The Hall–Kier alpha value is -3.36. The van der Waals surface area contributed by atoms with Crippen LogP contribution in [0.5, 0.6) is 11.5 Å². The lowest BCUT2D eigenvalue weighted by atomic mass is 10.1. The fraction of sp³-hybridized carbons (Fsp3) is 0.294. The first kappa shape index (κ1) is 17.5. The zero-order valence-electron chi connectivity index (χ0n) is 14.9. The lowest BCUT2D eigenvalue weighted by molar-refractivity contribution is -0.116. The molecule has 9 nitrogen and oxygen atoms in total. The highest BCUT2D eigenvalue weighted by atomic mass is 16.5. The molecule has 0 aliphatic rings. The van der Waals surface area contributed by atoms with Crippen LogP contribution in [-0.4, -0.2) is 39.5 Å². The predicted molar refractivity (Wildman–Crippen MR) is 95.7 cm³/mol. The topological polar surface area (TPSA) is 100 Å². The zero-order valence-corrected chi connectivity index (χ0v) is 14.9. The average molecular weight is 357 g/mol. The Morgan fingerprint density at radius 1 is 1.23 bits per heavy atom. The maximum Gasteiger partial charge on any atom is 0.264 e. The van der Waals surface area contributed by atoms with Crippen LogP contribution in [0.25, 0.3) is 11.0 Å². The van der Waals surface area contributed by atoms with Crippen molar-refractivity contribution in [1.29, 1.82) is 0 Å². The summed E-state index contributed by atoms with van der Waals surface area (Å²) in [5.74, 6) is 0.724. The number of carbonyl (C=O) groups is 1. The van der Waals surface area contributed by atoms with E-state index in [1.165, 1.54) is 28.9 Å². The Kier molecular flexibility index (Phi) is 4.61. The molecule has 0 atom stereocenters. The zero-order chi connectivity index (χ0) is 18.8. The second-order valence-corrected chi connectivity index (χ2v) is 5.75. The number of nitrogens with one attached hydrogen (secondary N) is 1. The highest BCUT2D eigenvalue weighted by molar-refractivity contribution is 5.92. The molecule has 0 radical (unpaired) electrons. The summed E-state index contributed by atoms with van der Waals surface area (Å²) >= 11 is 0. The molecule has 0 aliphatic heterocycles. The van der Waals surface area contributed by atoms with Gasteiger partial charge in [0.15, 0.2) is 17.1 Å². The van der Waals surface area contributed by atoms with E-state index in [4.69, 9.17) is 9.47 Å². The first-order chi connectivity index (χ1) is 12.4. The molecule has 0 aliphatic carbocycles. The van der Waals surface area contributed by atoms with E-state index in [1.807, 2.05) is 6.92 Å². The van der Waals surface area contributed by atoms with Crippen LogP contribution in [0.2, 0.25) is 0 Å². The quantitative estimate of drug-likeness (QED) is 0.734. The van der Waals surface area contributed by atoms with Gasteiger partial charge < -0.3 is 14.8 Å². The summed E-state index contributed by atoms with van der Waals surface area (Å²) in [6.07, 6.45) is 2.78. The highest BCUT2D eigenvalue weighted by Gasteiger charge is 2.14. The molecule has 3 aromatic rings. The molecule has 0 bridgehead atoms. The van der Waals surface area contributed by atoms with Gasteiger partial charge in [-0.1, -0.05) is 0 Å². The number of fused-ring (bicyclic) bond motifs is 1. The number of hydrogen-bond acceptors (Lipinski definition) is 6. The number of benzene rings is 1. The van der Waals surface area contributed by atoms with Crippen LogP contribution in [0.1, 0.15) is 5.56 Å². The third-order valence-electron chi connectivity index (χ3n) is 4.04. The molecule has 2 heterocycles. The molecule has 0 fully saturated rings. The van der Waals surface area contributed by atoms with Gasteiger partial charge in [0.05, 0.1) is 20.4 Å².